The fraction of sp³-hybridized carbons (Fsp3) is 0.632. The van der Waals surface area contributed by atoms with Gasteiger partial charge >= 0.3 is 5.97 Å². The van der Waals surface area contributed by atoms with E-state index in [1.807, 2.05) is 12.1 Å². The summed E-state index contributed by atoms with van der Waals surface area (Å²) in [6.07, 6.45) is 5.57. The van der Waals surface area contributed by atoms with Crippen molar-refractivity contribution in [2.45, 2.75) is 57.5 Å². The summed E-state index contributed by atoms with van der Waals surface area (Å²) in [7, 11) is 0. The highest BCUT2D eigenvalue weighted by Gasteiger charge is 2.24. The Morgan fingerprint density at radius 2 is 2.00 bits per heavy atom. The van der Waals surface area contributed by atoms with Crippen LogP contribution < -0.4 is 5.32 Å². The molecule has 0 amide bonds. The quantitative estimate of drug-likeness (QED) is 0.728. The van der Waals surface area contributed by atoms with E-state index in [2.05, 4.69) is 17.1 Å². The van der Waals surface area contributed by atoms with Gasteiger partial charge in [0.05, 0.1) is 0 Å². The first-order valence-corrected chi connectivity index (χ1v) is 9.04. The molecule has 1 aromatic rings. The Kier molecular flexibility index (Phi) is 7.66. The van der Waals surface area contributed by atoms with Gasteiger partial charge in [-0.3, -0.25) is 4.79 Å². The van der Waals surface area contributed by atoms with Crippen molar-refractivity contribution < 1.29 is 14.3 Å². The first-order valence-electron chi connectivity index (χ1n) is 9.04. The van der Waals surface area contributed by atoms with Crippen molar-refractivity contribution in [3.8, 4) is 0 Å². The Labute approximate surface area is 144 Å². The van der Waals surface area contributed by atoms with Gasteiger partial charge in [0, 0.05) is 12.6 Å². The van der Waals surface area contributed by atoms with Gasteiger partial charge in [0.15, 0.2) is 0 Å². The highest BCUT2D eigenvalue weighted by atomic mass is 19.1. The van der Waals surface area contributed by atoms with E-state index in [1.165, 1.54) is 12.1 Å². The summed E-state index contributed by atoms with van der Waals surface area (Å²) in [5, 5.41) is 12.6. The topological polar surface area (TPSA) is 52.6 Å². The first kappa shape index (κ1) is 18.9. The summed E-state index contributed by atoms with van der Waals surface area (Å²) < 4.78 is 12.9. The molecule has 4 nitrogen and oxygen atoms in total. The normalized spacial score (nSPS) is 17.8. The molecule has 1 aliphatic heterocycles. The number of hydrogen-bond acceptors (Lipinski definition) is 3. The molecule has 1 saturated heterocycles. The molecular formula is C19H29FN2O2. The van der Waals surface area contributed by atoms with Crippen LogP contribution >= 0.6 is 0 Å². The van der Waals surface area contributed by atoms with Gasteiger partial charge in [0.2, 0.25) is 0 Å². The third kappa shape index (κ3) is 6.21. The summed E-state index contributed by atoms with van der Waals surface area (Å²) in [5.41, 5.74) is 1.15. The van der Waals surface area contributed by atoms with Crippen molar-refractivity contribution in [2.24, 2.45) is 0 Å². The summed E-state index contributed by atoms with van der Waals surface area (Å²) in [4.78, 5) is 13.7. The van der Waals surface area contributed by atoms with Crippen molar-refractivity contribution in [3.05, 3.63) is 35.6 Å². The molecule has 1 atom stereocenters. The molecule has 2 rings (SSSR count). The standard InChI is InChI=1S/C19H29FN2O2/c1-2-3-4-18(19(23)24)21-17-10-13-22(14-11-17)12-9-15-5-7-16(20)8-6-15/h5-8,17-18,21H,2-4,9-14H2,1H3,(H,23,24)/t18-/m0/s1. The minimum atomic E-state index is -0.734. The van der Waals surface area contributed by atoms with Crippen LogP contribution in [0.4, 0.5) is 4.39 Å². The van der Waals surface area contributed by atoms with Crippen molar-refractivity contribution in [1.29, 1.82) is 0 Å². The van der Waals surface area contributed by atoms with Crippen molar-refractivity contribution >= 4 is 5.97 Å². The Morgan fingerprint density at radius 3 is 2.58 bits per heavy atom. The van der Waals surface area contributed by atoms with Gasteiger partial charge in [-0.25, -0.2) is 4.39 Å². The maximum absolute atomic E-state index is 12.9. The molecule has 1 heterocycles. The monoisotopic (exact) mass is 336 g/mol. The van der Waals surface area contributed by atoms with Crippen LogP contribution in [0.2, 0.25) is 0 Å². The third-order valence-corrected chi connectivity index (χ3v) is 4.80. The molecule has 0 radical (unpaired) electrons. The lowest BCUT2D eigenvalue weighted by atomic mass is 10.0. The highest BCUT2D eigenvalue weighted by Crippen LogP contribution is 2.14. The lowest BCUT2D eigenvalue weighted by molar-refractivity contribution is -0.140. The smallest absolute Gasteiger partial charge is 0.320 e. The SMILES string of the molecule is CCCC[C@H](NC1CCN(CCc2ccc(F)cc2)CC1)C(=O)O. The number of carboxylic acids is 1. The molecule has 0 aromatic heterocycles. The summed E-state index contributed by atoms with van der Waals surface area (Å²) in [5.74, 6) is -0.927. The van der Waals surface area contributed by atoms with Crippen LogP contribution in [0.1, 0.15) is 44.6 Å². The van der Waals surface area contributed by atoms with Gasteiger partial charge in [-0.05, 0) is 56.5 Å². The number of piperidine rings is 1. The molecule has 0 saturated carbocycles. The fourth-order valence-electron chi connectivity index (χ4n) is 3.23. The second-order valence-electron chi connectivity index (χ2n) is 6.69. The van der Waals surface area contributed by atoms with Crippen LogP contribution in [-0.2, 0) is 11.2 Å². The van der Waals surface area contributed by atoms with E-state index < -0.39 is 12.0 Å². The molecule has 0 spiro atoms. The number of nitrogens with zero attached hydrogens (tertiary/aromatic N) is 1. The van der Waals surface area contributed by atoms with Crippen molar-refractivity contribution in [1.82, 2.24) is 10.2 Å². The number of rotatable bonds is 9. The number of likely N-dealkylation sites (tertiary alicyclic amines) is 1. The van der Waals surface area contributed by atoms with E-state index in [0.29, 0.717) is 12.5 Å². The van der Waals surface area contributed by atoms with E-state index in [-0.39, 0.29) is 5.82 Å². The number of halogens is 1. The zero-order chi connectivity index (χ0) is 17.4. The number of carboxylic acid groups (broad SMARTS) is 1. The molecule has 0 bridgehead atoms. The first-order chi connectivity index (χ1) is 11.6. The number of benzene rings is 1. The molecule has 1 aromatic carbocycles. The van der Waals surface area contributed by atoms with Gasteiger partial charge in [0.1, 0.15) is 11.9 Å². The van der Waals surface area contributed by atoms with Crippen LogP contribution in [0.25, 0.3) is 0 Å². The van der Waals surface area contributed by atoms with Crippen LogP contribution in [-0.4, -0.2) is 47.7 Å². The zero-order valence-electron chi connectivity index (χ0n) is 14.5. The maximum Gasteiger partial charge on any atom is 0.320 e. The van der Waals surface area contributed by atoms with Crippen LogP contribution in [0, 0.1) is 5.82 Å². The Balaban J connectivity index is 1.70. The number of unbranched alkanes of at least 4 members (excludes halogenated alkanes) is 1. The fourth-order valence-corrected chi connectivity index (χ4v) is 3.23. The molecule has 5 heteroatoms. The molecule has 0 unspecified atom stereocenters. The van der Waals surface area contributed by atoms with Gasteiger partial charge in [-0.15, -0.1) is 0 Å². The third-order valence-electron chi connectivity index (χ3n) is 4.80. The summed E-state index contributed by atoms with van der Waals surface area (Å²) in [6.45, 7) is 5.02. The maximum atomic E-state index is 12.9. The van der Waals surface area contributed by atoms with Crippen molar-refractivity contribution in [2.75, 3.05) is 19.6 Å². The second kappa shape index (κ2) is 9.74. The average Bonchev–Trinajstić information content (AvgIpc) is 2.59. The predicted molar refractivity (Wildman–Crippen MR) is 93.7 cm³/mol. The minimum absolute atomic E-state index is 0.193. The van der Waals surface area contributed by atoms with E-state index >= 15 is 0 Å². The van der Waals surface area contributed by atoms with Crippen LogP contribution in [0.15, 0.2) is 24.3 Å². The van der Waals surface area contributed by atoms with Crippen LogP contribution in [0.3, 0.4) is 0 Å². The Bertz CT molecular complexity index is 499. The van der Waals surface area contributed by atoms with Gasteiger partial charge in [-0.1, -0.05) is 31.9 Å². The molecule has 2 N–H and O–H groups in total. The second-order valence-corrected chi connectivity index (χ2v) is 6.69. The van der Waals surface area contributed by atoms with Gasteiger partial charge in [0.25, 0.3) is 0 Å². The molecule has 24 heavy (non-hydrogen) atoms. The molecule has 1 aliphatic rings. The lowest BCUT2D eigenvalue weighted by Gasteiger charge is -2.33. The van der Waals surface area contributed by atoms with E-state index in [9.17, 15) is 14.3 Å². The van der Waals surface area contributed by atoms with E-state index in [0.717, 1.165) is 57.3 Å². The minimum Gasteiger partial charge on any atom is -0.480 e. The average molecular weight is 336 g/mol. The molecule has 0 aliphatic carbocycles. The molecule has 134 valence electrons. The largest absolute Gasteiger partial charge is 0.480 e. The Morgan fingerprint density at radius 1 is 1.33 bits per heavy atom. The number of aliphatic carboxylic acids is 1. The Hall–Kier alpha value is -1.46. The number of hydrogen-bond donors (Lipinski definition) is 2. The van der Waals surface area contributed by atoms with E-state index in [4.69, 9.17) is 0 Å². The number of carbonyl (C=O) groups is 1. The number of nitrogens with one attached hydrogen (secondary N) is 1. The van der Waals surface area contributed by atoms with Crippen LogP contribution in [0.5, 0.6) is 0 Å². The summed E-state index contributed by atoms with van der Waals surface area (Å²) >= 11 is 0. The van der Waals surface area contributed by atoms with Crippen molar-refractivity contribution in [3.63, 3.8) is 0 Å². The lowest BCUT2D eigenvalue weighted by Crippen LogP contribution is -2.49. The van der Waals surface area contributed by atoms with Gasteiger partial charge < -0.3 is 15.3 Å². The summed E-state index contributed by atoms with van der Waals surface area (Å²) in [6, 6.07) is 6.58. The predicted octanol–water partition coefficient (Wildman–Crippen LogP) is 3.07. The molecule has 1 fully saturated rings. The highest BCUT2D eigenvalue weighted by molar-refractivity contribution is 5.73. The van der Waals surface area contributed by atoms with E-state index in [1.54, 1.807) is 0 Å². The van der Waals surface area contributed by atoms with Gasteiger partial charge in [-0.2, -0.15) is 0 Å². The zero-order valence-corrected chi connectivity index (χ0v) is 14.5. The molecular weight excluding hydrogens is 307 g/mol.